The van der Waals surface area contributed by atoms with E-state index in [9.17, 15) is 13.2 Å². The molecule has 5 rings (SSSR count). The summed E-state index contributed by atoms with van der Waals surface area (Å²) in [4.78, 5) is 20.2. The van der Waals surface area contributed by atoms with Crippen LogP contribution in [0.1, 0.15) is 37.2 Å². The van der Waals surface area contributed by atoms with Gasteiger partial charge in [0.2, 0.25) is 10.0 Å². The number of pyridine rings is 2. The second kappa shape index (κ2) is 7.24. The van der Waals surface area contributed by atoms with E-state index >= 15 is 0 Å². The first-order valence-corrected chi connectivity index (χ1v) is 11.8. The molecule has 0 aromatic carbocycles. The molecule has 0 bridgehead atoms. The average Bonchev–Trinajstić information content (AvgIpc) is 3.47. The number of fused-ring (bicyclic) bond motifs is 1. The van der Waals surface area contributed by atoms with Gasteiger partial charge in [-0.3, -0.25) is 9.52 Å². The van der Waals surface area contributed by atoms with Crippen LogP contribution in [-0.2, 0) is 21.8 Å². The molecule has 4 heterocycles. The van der Waals surface area contributed by atoms with Gasteiger partial charge >= 0.3 is 0 Å². The SMILES string of the molecule is Cn1cc(-c2nc(NS(=O)(=O)C3CCOCC3)ccc2C2CC2)c2cc[nH]c2c1=O. The molecule has 30 heavy (non-hydrogen) atoms. The predicted octanol–water partition coefficient (Wildman–Crippen LogP) is 2.73. The van der Waals surface area contributed by atoms with Crippen molar-refractivity contribution in [3.05, 3.63) is 46.5 Å². The smallest absolute Gasteiger partial charge is 0.274 e. The third kappa shape index (κ3) is 3.41. The second-order valence-electron chi connectivity index (χ2n) is 8.09. The summed E-state index contributed by atoms with van der Waals surface area (Å²) >= 11 is 0. The van der Waals surface area contributed by atoms with Crippen LogP contribution in [0.5, 0.6) is 0 Å². The summed E-state index contributed by atoms with van der Waals surface area (Å²) < 4.78 is 35.2. The third-order valence-electron chi connectivity index (χ3n) is 5.95. The molecule has 2 aliphatic rings. The maximum Gasteiger partial charge on any atom is 0.274 e. The summed E-state index contributed by atoms with van der Waals surface area (Å²) in [7, 11) is -1.84. The molecule has 8 nitrogen and oxygen atoms in total. The Morgan fingerprint density at radius 3 is 2.67 bits per heavy atom. The summed E-state index contributed by atoms with van der Waals surface area (Å²) in [6.45, 7) is 0.906. The number of rotatable bonds is 5. The van der Waals surface area contributed by atoms with Crippen LogP contribution in [-0.4, -0.2) is 41.4 Å². The molecular weight excluding hydrogens is 404 g/mol. The molecule has 0 radical (unpaired) electrons. The van der Waals surface area contributed by atoms with E-state index in [1.54, 1.807) is 25.5 Å². The lowest BCUT2D eigenvalue weighted by molar-refractivity contribution is 0.0984. The van der Waals surface area contributed by atoms with E-state index in [0.717, 1.165) is 35.0 Å². The molecule has 9 heteroatoms. The number of sulfonamides is 1. The van der Waals surface area contributed by atoms with Crippen molar-refractivity contribution in [1.82, 2.24) is 14.5 Å². The van der Waals surface area contributed by atoms with Crippen LogP contribution >= 0.6 is 0 Å². The van der Waals surface area contributed by atoms with Gasteiger partial charge < -0.3 is 14.3 Å². The Morgan fingerprint density at radius 2 is 1.93 bits per heavy atom. The molecule has 3 aromatic heterocycles. The topological polar surface area (TPSA) is 106 Å². The molecule has 1 saturated carbocycles. The first-order valence-electron chi connectivity index (χ1n) is 10.2. The van der Waals surface area contributed by atoms with E-state index in [2.05, 4.69) is 9.71 Å². The quantitative estimate of drug-likeness (QED) is 0.650. The van der Waals surface area contributed by atoms with E-state index in [4.69, 9.17) is 9.72 Å². The van der Waals surface area contributed by atoms with Crippen molar-refractivity contribution in [2.45, 2.75) is 36.9 Å². The van der Waals surface area contributed by atoms with Crippen LogP contribution in [0.15, 0.2) is 35.4 Å². The van der Waals surface area contributed by atoms with Gasteiger partial charge in [-0.05, 0) is 49.3 Å². The average molecular weight is 429 g/mol. The van der Waals surface area contributed by atoms with E-state index in [0.29, 0.717) is 43.3 Å². The van der Waals surface area contributed by atoms with Gasteiger partial charge in [-0.15, -0.1) is 0 Å². The van der Waals surface area contributed by atoms with Gasteiger partial charge in [0.05, 0.1) is 10.9 Å². The largest absolute Gasteiger partial charge is 0.381 e. The molecule has 1 aliphatic carbocycles. The number of anilines is 1. The maximum atomic E-state index is 12.8. The second-order valence-corrected chi connectivity index (χ2v) is 10.1. The van der Waals surface area contributed by atoms with Gasteiger partial charge in [0.1, 0.15) is 11.3 Å². The lowest BCUT2D eigenvalue weighted by Gasteiger charge is -2.23. The van der Waals surface area contributed by atoms with E-state index in [1.165, 1.54) is 4.57 Å². The number of aryl methyl sites for hydroxylation is 1. The van der Waals surface area contributed by atoms with Crippen LogP contribution in [0.2, 0.25) is 0 Å². The number of hydrogen-bond acceptors (Lipinski definition) is 5. The fourth-order valence-corrected chi connectivity index (χ4v) is 5.52. The van der Waals surface area contributed by atoms with E-state index in [1.807, 2.05) is 12.1 Å². The van der Waals surface area contributed by atoms with Crippen molar-refractivity contribution >= 4 is 26.7 Å². The summed E-state index contributed by atoms with van der Waals surface area (Å²) in [5.74, 6) is 0.721. The predicted molar refractivity (Wildman–Crippen MR) is 115 cm³/mol. The minimum Gasteiger partial charge on any atom is -0.381 e. The molecule has 3 aromatic rings. The molecule has 1 saturated heterocycles. The Balaban J connectivity index is 1.60. The number of aromatic nitrogens is 3. The lowest BCUT2D eigenvalue weighted by Crippen LogP contribution is -2.33. The standard InChI is InChI=1S/C21H24N4O4S/c1-25-12-17(16-6-9-22-20(16)21(25)26)19-15(13-2-3-13)4-5-18(23-19)24-30(27,28)14-7-10-29-11-8-14/h4-6,9,12-14,22H,2-3,7-8,10-11H2,1H3,(H,23,24). The number of nitrogens with zero attached hydrogens (tertiary/aromatic N) is 2. The number of ether oxygens (including phenoxy) is 1. The summed E-state index contributed by atoms with van der Waals surface area (Å²) in [5.41, 5.74) is 3.05. The van der Waals surface area contributed by atoms with Gasteiger partial charge in [-0.1, -0.05) is 6.07 Å². The first-order chi connectivity index (χ1) is 14.4. The highest BCUT2D eigenvalue weighted by atomic mass is 32.2. The normalized spacial score (nSPS) is 18.0. The van der Waals surface area contributed by atoms with Crippen molar-refractivity contribution in [2.24, 2.45) is 7.05 Å². The van der Waals surface area contributed by atoms with Gasteiger partial charge in [0.25, 0.3) is 5.56 Å². The summed E-state index contributed by atoms with van der Waals surface area (Å²) in [6.07, 6.45) is 6.65. The van der Waals surface area contributed by atoms with Crippen molar-refractivity contribution < 1.29 is 13.2 Å². The zero-order chi connectivity index (χ0) is 20.9. The first kappa shape index (κ1) is 19.3. The number of hydrogen-bond donors (Lipinski definition) is 2. The van der Waals surface area contributed by atoms with E-state index < -0.39 is 15.3 Å². The molecule has 0 spiro atoms. The van der Waals surface area contributed by atoms with Gasteiger partial charge in [-0.25, -0.2) is 13.4 Å². The Hall–Kier alpha value is -2.65. The van der Waals surface area contributed by atoms with Crippen LogP contribution in [0, 0.1) is 0 Å². The number of aromatic amines is 1. The van der Waals surface area contributed by atoms with Crippen molar-refractivity contribution in [3.8, 4) is 11.3 Å². The number of H-pyrrole nitrogens is 1. The monoisotopic (exact) mass is 428 g/mol. The summed E-state index contributed by atoms with van der Waals surface area (Å²) in [6, 6.07) is 5.57. The molecular formula is C21H24N4O4S. The van der Waals surface area contributed by atoms with Gasteiger partial charge in [-0.2, -0.15) is 0 Å². The highest BCUT2D eigenvalue weighted by Gasteiger charge is 2.31. The highest BCUT2D eigenvalue weighted by Crippen LogP contribution is 2.45. The molecule has 0 amide bonds. The Labute approximate surface area is 174 Å². The highest BCUT2D eigenvalue weighted by molar-refractivity contribution is 7.93. The zero-order valence-corrected chi connectivity index (χ0v) is 17.5. The van der Waals surface area contributed by atoms with E-state index in [-0.39, 0.29) is 5.56 Å². The third-order valence-corrected chi connectivity index (χ3v) is 7.79. The molecule has 0 atom stereocenters. The molecule has 2 N–H and O–H groups in total. The summed E-state index contributed by atoms with van der Waals surface area (Å²) in [5, 5.41) is 0.311. The maximum absolute atomic E-state index is 12.8. The lowest BCUT2D eigenvalue weighted by atomic mass is 10.0. The minimum atomic E-state index is -3.55. The van der Waals surface area contributed by atoms with Crippen molar-refractivity contribution in [2.75, 3.05) is 17.9 Å². The van der Waals surface area contributed by atoms with Crippen LogP contribution in [0.25, 0.3) is 22.2 Å². The molecule has 158 valence electrons. The fourth-order valence-electron chi connectivity index (χ4n) is 4.14. The van der Waals surface area contributed by atoms with Gasteiger partial charge in [0.15, 0.2) is 0 Å². The molecule has 0 unspecified atom stereocenters. The Morgan fingerprint density at radius 1 is 1.17 bits per heavy atom. The molecule has 2 fully saturated rings. The Bertz CT molecular complexity index is 1270. The van der Waals surface area contributed by atoms with Crippen molar-refractivity contribution in [1.29, 1.82) is 0 Å². The Kier molecular flexibility index (Phi) is 4.67. The van der Waals surface area contributed by atoms with Crippen molar-refractivity contribution in [3.63, 3.8) is 0 Å². The van der Waals surface area contributed by atoms with Crippen LogP contribution in [0.3, 0.4) is 0 Å². The fraction of sp³-hybridized carbons (Fsp3) is 0.429. The minimum absolute atomic E-state index is 0.108. The van der Waals surface area contributed by atoms with Crippen LogP contribution in [0.4, 0.5) is 5.82 Å². The zero-order valence-electron chi connectivity index (χ0n) is 16.7. The van der Waals surface area contributed by atoms with Crippen LogP contribution < -0.4 is 10.3 Å². The number of nitrogens with one attached hydrogen (secondary N) is 2. The van der Waals surface area contributed by atoms with Gasteiger partial charge in [0, 0.05) is 43.6 Å². The molecule has 1 aliphatic heterocycles.